The van der Waals surface area contributed by atoms with Gasteiger partial charge < -0.3 is 94.5 Å². The van der Waals surface area contributed by atoms with Gasteiger partial charge in [-0.2, -0.15) is 4.68 Å². The number of H-pyrrole nitrogens is 2. The van der Waals surface area contributed by atoms with Gasteiger partial charge in [0, 0.05) is 123 Å². The van der Waals surface area contributed by atoms with Crippen LogP contribution in [-0.4, -0.2) is 230 Å². The van der Waals surface area contributed by atoms with Crippen LogP contribution in [0.2, 0.25) is 0 Å². The summed E-state index contributed by atoms with van der Waals surface area (Å²) >= 11 is 0. The number of fused-ring (bicyclic) bond motifs is 6. The molecule has 6 aromatic rings. The van der Waals surface area contributed by atoms with Gasteiger partial charge in [0.25, 0.3) is 0 Å². The number of nitrogens with one attached hydrogen (secondary N) is 7. The van der Waals surface area contributed by atoms with Gasteiger partial charge in [-0.3, -0.25) is 24.2 Å². The summed E-state index contributed by atoms with van der Waals surface area (Å²) in [7, 11) is 3.15. The number of amides is 8. The van der Waals surface area contributed by atoms with Crippen LogP contribution in [0.5, 0.6) is 5.75 Å². The molecule has 2 aliphatic rings. The number of Topliss-reactive ketones (excluding diaryl/α,β-unsaturated/α-hetero) is 1. The Bertz CT molecular complexity index is 3870. The van der Waals surface area contributed by atoms with E-state index in [1.807, 2.05) is 29.1 Å². The quantitative estimate of drug-likeness (QED) is 0.0137. The molecule has 0 aliphatic heterocycles. The smallest absolute Gasteiger partial charge is 0.415 e. The number of aromatic amines is 2. The minimum absolute atomic E-state index is 0.00611. The molecule has 9 N–H and O–H groups in total. The van der Waals surface area contributed by atoms with Gasteiger partial charge in [0.05, 0.1) is 104 Å². The number of nitrogens with zero attached hydrogens (tertiary/aromatic N) is 5. The van der Waals surface area contributed by atoms with Crippen molar-refractivity contribution >= 4 is 86.1 Å². The molecule has 0 bridgehead atoms. The number of aromatic nitrogens is 5. The van der Waals surface area contributed by atoms with Gasteiger partial charge in [0.1, 0.15) is 25.5 Å². The number of carbonyl (C=O) groups is 8. The highest BCUT2D eigenvalue weighted by atomic mass is 16.6. The molecule has 3 aromatic carbocycles. The van der Waals surface area contributed by atoms with Crippen molar-refractivity contribution in [3.63, 3.8) is 0 Å². The molecular formula is C77H112N13O18+. The monoisotopic (exact) mass is 1510 g/mol. The van der Waals surface area contributed by atoms with Crippen LogP contribution in [0.15, 0.2) is 60.9 Å². The van der Waals surface area contributed by atoms with Gasteiger partial charge in [-0.15, -0.1) is 0 Å². The van der Waals surface area contributed by atoms with Crippen LogP contribution in [-0.2, 0) is 87.8 Å². The normalized spacial score (nSPS) is 15.1. The zero-order valence-corrected chi connectivity index (χ0v) is 63.7. The lowest BCUT2D eigenvalue weighted by Gasteiger charge is -2.24. The number of nitrogens with two attached hydrogens (primary N) is 1. The van der Waals surface area contributed by atoms with Crippen LogP contribution in [0.3, 0.4) is 0 Å². The number of ketones is 1. The lowest BCUT2D eigenvalue weighted by Crippen LogP contribution is -2.47. The van der Waals surface area contributed by atoms with Gasteiger partial charge in [-0.1, -0.05) is 51.0 Å². The Morgan fingerprint density at radius 3 is 2.03 bits per heavy atom. The van der Waals surface area contributed by atoms with Crippen molar-refractivity contribution in [2.45, 2.75) is 124 Å². The maximum Gasteiger partial charge on any atom is 0.415 e. The first-order valence-electron chi connectivity index (χ1n) is 37.8. The summed E-state index contributed by atoms with van der Waals surface area (Å²) in [5.41, 5.74) is 12.7. The van der Waals surface area contributed by atoms with Gasteiger partial charge in [-0.25, -0.2) is 19.2 Å². The van der Waals surface area contributed by atoms with Crippen molar-refractivity contribution in [1.82, 2.24) is 51.3 Å². The minimum atomic E-state index is -0.920. The van der Waals surface area contributed by atoms with E-state index in [9.17, 15) is 38.4 Å². The molecule has 5 atom stereocenters. The molecule has 1 fully saturated rings. The average molecular weight is 1510 g/mol. The summed E-state index contributed by atoms with van der Waals surface area (Å²) < 4.78 is 58.2. The van der Waals surface area contributed by atoms with E-state index in [4.69, 9.17) is 53.1 Å². The van der Waals surface area contributed by atoms with E-state index in [1.165, 1.54) is 9.80 Å². The number of ether oxygens (including phenoxy) is 10. The Labute approximate surface area is 631 Å². The number of likely N-dealkylation sites (N-methyl/N-ethyl adjacent to an activating group) is 2. The second-order valence-corrected chi connectivity index (χ2v) is 27.7. The number of alkyl carbamates (subject to hydrolysis) is 1. The van der Waals surface area contributed by atoms with E-state index in [2.05, 4.69) is 67.6 Å². The Kier molecular flexibility index (Phi) is 35.2. The predicted molar refractivity (Wildman–Crippen MR) is 402 cm³/mol. The molecule has 0 saturated heterocycles. The Morgan fingerprint density at radius 1 is 0.676 bits per heavy atom. The maximum atomic E-state index is 13.9. The molecule has 31 nitrogen and oxygen atoms in total. The number of urea groups is 1. The molecule has 8 rings (SSSR count). The van der Waals surface area contributed by atoms with Crippen molar-refractivity contribution in [3.05, 3.63) is 89.0 Å². The van der Waals surface area contributed by atoms with E-state index in [-0.39, 0.29) is 76.5 Å². The van der Waals surface area contributed by atoms with Gasteiger partial charge in [-0.05, 0) is 128 Å². The Morgan fingerprint density at radius 2 is 1.33 bits per heavy atom. The molecule has 1 saturated carbocycles. The van der Waals surface area contributed by atoms with Gasteiger partial charge >= 0.3 is 24.3 Å². The number of rotatable bonds is 49. The number of primary amides is 1. The van der Waals surface area contributed by atoms with Crippen LogP contribution in [0, 0.1) is 43.4 Å². The number of unbranched alkanes of at least 4 members (excludes halogenated alkanes) is 2. The molecule has 2 aliphatic carbocycles. The molecule has 31 heteroatoms. The fraction of sp³-hybridized carbons (Fsp3) is 0.597. The molecule has 3 aromatic heterocycles. The molecular weight excluding hydrogens is 1390 g/mol. The largest absolute Gasteiger partial charge is 0.449 e. The highest BCUT2D eigenvalue weighted by molar-refractivity contribution is 6.16. The second kappa shape index (κ2) is 45.0. The van der Waals surface area contributed by atoms with Gasteiger partial charge in [0.2, 0.25) is 23.4 Å². The van der Waals surface area contributed by atoms with E-state index < -0.39 is 48.1 Å². The highest BCUT2D eigenvalue weighted by Gasteiger charge is 2.51. The Balaban J connectivity index is 0.639. The standard InChI is InChI=1S/C77H111N13O18/c1-8-9-10-25-80-68(92)24-32-99-35-38-102-41-42-103-39-36-100-33-28-82-75(96)106-49-63-59-18-21-65-66(22-19-60(59)63)90(87-86-65)31-34-101-37-40-104-43-44-105-50-69(93)85-71(51(2)3)67(91)45-55(12-11-26-81-74(78)95)73(94)83-56-15-13-54(14-16-56)48-107-76(97)88(6)29-30-89(7)77(98)108-57-17-20-64-61(46-57)70-52(4)62-47-79-27-23-58(62)53(5)72(70)84-64/h13-17,20,23,27,46-47,51,55,59-60,63,71H,8-12,18-19,21-22,24-26,28-45,48-50H2,1-7H3,(H8,78,79,80,81,82,83,84,85,92,93,94,95,96)/p+1/t55-,59-,60+,63-,71+/m1/s1. The number of pyridine rings is 1. The summed E-state index contributed by atoms with van der Waals surface area (Å²) in [6.07, 6.45) is 9.55. The third-order valence-corrected chi connectivity index (χ3v) is 19.5. The van der Waals surface area contributed by atoms with Crippen molar-refractivity contribution in [2.75, 3.05) is 151 Å². The number of anilines is 1. The minimum Gasteiger partial charge on any atom is -0.449 e. The maximum absolute atomic E-state index is 13.9. The summed E-state index contributed by atoms with van der Waals surface area (Å²) in [6, 6.07) is 12.5. The fourth-order valence-corrected chi connectivity index (χ4v) is 13.3. The predicted octanol–water partition coefficient (Wildman–Crippen LogP) is 7.28. The number of hydrogen-bond acceptors (Lipinski definition) is 20. The lowest BCUT2D eigenvalue weighted by atomic mass is 9.89. The molecule has 0 spiro atoms. The molecule has 592 valence electrons. The highest BCUT2D eigenvalue weighted by Crippen LogP contribution is 2.53. The van der Waals surface area contributed by atoms with Crippen LogP contribution in [0.25, 0.3) is 32.6 Å². The molecule has 8 amide bonds. The zero-order chi connectivity index (χ0) is 77.2. The van der Waals surface area contributed by atoms with Gasteiger partial charge in [0.15, 0.2) is 11.5 Å². The van der Waals surface area contributed by atoms with Crippen LogP contribution >= 0.6 is 0 Å². The van der Waals surface area contributed by atoms with Crippen molar-refractivity contribution in [3.8, 4) is 5.75 Å². The first kappa shape index (κ1) is 84.5. The van der Waals surface area contributed by atoms with Crippen molar-refractivity contribution in [1.29, 1.82) is 0 Å². The molecule has 0 unspecified atom stereocenters. The average Bonchev–Trinajstić information content (AvgIpc) is 1.59. The van der Waals surface area contributed by atoms with E-state index in [1.54, 1.807) is 64.5 Å². The van der Waals surface area contributed by atoms with E-state index in [0.717, 1.165) is 100 Å². The summed E-state index contributed by atoms with van der Waals surface area (Å²) in [6.45, 7) is 16.5. The summed E-state index contributed by atoms with van der Waals surface area (Å²) in [5, 5.41) is 25.7. The molecule has 3 heterocycles. The van der Waals surface area contributed by atoms with Crippen LogP contribution < -0.4 is 41.7 Å². The first-order chi connectivity index (χ1) is 52.3. The van der Waals surface area contributed by atoms with Crippen molar-refractivity contribution in [2.24, 2.45) is 35.3 Å². The number of aryl methyl sites for hydroxylation is 3. The number of benzene rings is 3. The summed E-state index contributed by atoms with van der Waals surface area (Å²) in [4.78, 5) is 113. The van der Waals surface area contributed by atoms with Crippen molar-refractivity contribution < 1.29 is 90.4 Å². The van der Waals surface area contributed by atoms with E-state index in [0.29, 0.717) is 147 Å². The fourth-order valence-electron chi connectivity index (χ4n) is 13.3. The first-order valence-corrected chi connectivity index (χ1v) is 37.8. The zero-order valence-electron chi connectivity index (χ0n) is 63.7. The van der Waals surface area contributed by atoms with E-state index >= 15 is 0 Å². The number of carbonyl (C=O) groups excluding carboxylic acids is 8. The lowest BCUT2D eigenvalue weighted by molar-refractivity contribution is -0.761. The van der Waals surface area contributed by atoms with Crippen LogP contribution in [0.1, 0.15) is 107 Å². The molecule has 0 radical (unpaired) electrons. The third-order valence-electron chi connectivity index (χ3n) is 19.5. The Hall–Kier alpha value is -9.11. The number of hydrogen-bond donors (Lipinski definition) is 8. The third kappa shape index (κ3) is 27.2. The second-order valence-electron chi connectivity index (χ2n) is 27.7. The molecule has 108 heavy (non-hydrogen) atoms. The topological polar surface area (TPSA) is 383 Å². The van der Waals surface area contributed by atoms with Crippen LogP contribution in [0.4, 0.5) is 24.9 Å². The SMILES string of the molecule is CCCCCNC(=O)CCOCCOCCOCCOCCNC(=O)OC[C@@H]1[C@@H]2CCc3n[nH][n+](CCOCCOCCOCC(=O)N[C@H](C(=O)C[C@@H](CCCNC(N)=O)C(=O)Nc4ccc(COC(=O)N(C)CCN(C)C(=O)Oc5ccc6[nH]c7c(C)c8ccncc8c(C)c7c6c5)cc4)C(C)C)c3CC[C@@H]21. The summed E-state index contributed by atoms with van der Waals surface area (Å²) in [5.74, 6) is -0.787.